The Morgan fingerprint density at radius 1 is 0.897 bits per heavy atom. The lowest BCUT2D eigenvalue weighted by Crippen LogP contribution is -2.53. The molecule has 208 valence electrons. The number of rotatable bonds is 12. The summed E-state index contributed by atoms with van der Waals surface area (Å²) >= 11 is 6.43. The lowest BCUT2D eigenvalue weighted by molar-refractivity contribution is -0.140. The van der Waals surface area contributed by atoms with Gasteiger partial charge in [0.1, 0.15) is 12.6 Å². The third kappa shape index (κ3) is 7.61. The molecule has 3 aromatic rings. The van der Waals surface area contributed by atoms with Gasteiger partial charge in [0.05, 0.1) is 10.6 Å². The minimum Gasteiger partial charge on any atom is -0.352 e. The highest BCUT2D eigenvalue weighted by Crippen LogP contribution is 2.26. The van der Waals surface area contributed by atoms with E-state index >= 15 is 0 Å². The first-order valence-corrected chi connectivity index (χ1v) is 14.9. The van der Waals surface area contributed by atoms with E-state index in [2.05, 4.69) is 5.32 Å². The van der Waals surface area contributed by atoms with Crippen molar-refractivity contribution in [1.82, 2.24) is 10.2 Å². The van der Waals surface area contributed by atoms with Gasteiger partial charge in [-0.15, -0.1) is 0 Å². The predicted molar refractivity (Wildman–Crippen MR) is 156 cm³/mol. The van der Waals surface area contributed by atoms with Gasteiger partial charge in [0.15, 0.2) is 0 Å². The molecule has 0 aromatic heterocycles. The second-order valence-corrected chi connectivity index (χ2v) is 11.8. The number of aryl methyl sites for hydroxylation is 1. The number of carbonyl (C=O) groups excluding carboxylic acids is 2. The molecule has 0 unspecified atom stereocenters. The third-order valence-electron chi connectivity index (χ3n) is 6.62. The number of carbonyl (C=O) groups is 2. The Balaban J connectivity index is 2.04. The summed E-state index contributed by atoms with van der Waals surface area (Å²) in [4.78, 5) is 28.8. The number of benzene rings is 3. The molecule has 0 heterocycles. The number of halogens is 1. The number of sulfonamides is 1. The summed E-state index contributed by atoms with van der Waals surface area (Å²) in [6.07, 6.45) is 1.08. The van der Waals surface area contributed by atoms with Crippen LogP contribution >= 0.6 is 11.6 Å². The summed E-state index contributed by atoms with van der Waals surface area (Å²) in [6.45, 7) is 7.13. The van der Waals surface area contributed by atoms with Gasteiger partial charge in [-0.3, -0.25) is 13.9 Å². The van der Waals surface area contributed by atoms with E-state index in [9.17, 15) is 18.0 Å². The fraction of sp³-hybridized carbons (Fsp3) is 0.333. The summed E-state index contributed by atoms with van der Waals surface area (Å²) in [5.41, 5.74) is 1.93. The molecule has 0 radical (unpaired) electrons. The van der Waals surface area contributed by atoms with Crippen molar-refractivity contribution in [2.45, 2.75) is 64.1 Å². The molecule has 0 saturated carbocycles. The van der Waals surface area contributed by atoms with Crippen molar-refractivity contribution in [3.63, 3.8) is 0 Å². The van der Waals surface area contributed by atoms with Crippen LogP contribution in [-0.4, -0.2) is 43.8 Å². The maximum atomic E-state index is 14.0. The van der Waals surface area contributed by atoms with Crippen molar-refractivity contribution in [1.29, 1.82) is 0 Å². The summed E-state index contributed by atoms with van der Waals surface area (Å²) in [5, 5.41) is 3.42. The molecule has 3 aromatic carbocycles. The van der Waals surface area contributed by atoms with Crippen LogP contribution in [0.3, 0.4) is 0 Å². The number of hydrogen-bond acceptors (Lipinski definition) is 4. The molecule has 0 aliphatic heterocycles. The van der Waals surface area contributed by atoms with Gasteiger partial charge >= 0.3 is 0 Å². The topological polar surface area (TPSA) is 86.8 Å². The summed E-state index contributed by atoms with van der Waals surface area (Å²) in [6, 6.07) is 21.2. The van der Waals surface area contributed by atoms with Gasteiger partial charge in [0, 0.05) is 17.6 Å². The van der Waals surface area contributed by atoms with E-state index in [-0.39, 0.29) is 23.4 Å². The Morgan fingerprint density at radius 3 is 2.10 bits per heavy atom. The predicted octanol–water partition coefficient (Wildman–Crippen LogP) is 5.57. The Hall–Kier alpha value is -3.36. The second-order valence-electron chi connectivity index (χ2n) is 9.52. The minimum absolute atomic E-state index is 0.0537. The highest BCUT2D eigenvalue weighted by Gasteiger charge is 2.34. The number of anilines is 1. The van der Waals surface area contributed by atoms with E-state index in [1.54, 1.807) is 60.7 Å². The van der Waals surface area contributed by atoms with Gasteiger partial charge in [-0.25, -0.2) is 8.42 Å². The van der Waals surface area contributed by atoms with Crippen LogP contribution in [0, 0.1) is 6.92 Å². The first kappa shape index (κ1) is 30.2. The van der Waals surface area contributed by atoms with E-state index in [0.717, 1.165) is 16.3 Å². The molecule has 0 spiro atoms. The first-order valence-electron chi connectivity index (χ1n) is 13.1. The van der Waals surface area contributed by atoms with Crippen molar-refractivity contribution in [2.75, 3.05) is 10.8 Å². The van der Waals surface area contributed by atoms with Gasteiger partial charge in [-0.05, 0) is 62.6 Å². The summed E-state index contributed by atoms with van der Waals surface area (Å²) < 4.78 is 28.8. The number of hydrogen-bond donors (Lipinski definition) is 1. The highest BCUT2D eigenvalue weighted by molar-refractivity contribution is 7.92. The fourth-order valence-electron chi connectivity index (χ4n) is 4.13. The summed E-state index contributed by atoms with van der Waals surface area (Å²) in [5.74, 6) is -0.805. The molecule has 7 nitrogen and oxygen atoms in total. The molecule has 0 aliphatic rings. The average Bonchev–Trinajstić information content (AvgIpc) is 2.93. The zero-order chi connectivity index (χ0) is 28.6. The smallest absolute Gasteiger partial charge is 0.264 e. The zero-order valence-electron chi connectivity index (χ0n) is 22.8. The molecule has 9 heteroatoms. The number of nitrogens with zero attached hydrogens (tertiary/aromatic N) is 2. The van der Waals surface area contributed by atoms with Crippen LogP contribution in [0.4, 0.5) is 5.69 Å². The highest BCUT2D eigenvalue weighted by atomic mass is 35.5. The van der Waals surface area contributed by atoms with E-state index in [4.69, 9.17) is 11.6 Å². The van der Waals surface area contributed by atoms with Crippen LogP contribution in [0.2, 0.25) is 5.02 Å². The Bertz CT molecular complexity index is 1360. The molecule has 2 amide bonds. The molecular weight excluding hydrogens is 534 g/mol. The lowest BCUT2D eigenvalue weighted by Gasteiger charge is -2.34. The van der Waals surface area contributed by atoms with Crippen molar-refractivity contribution in [3.05, 3.63) is 95.0 Å². The Labute approximate surface area is 236 Å². The molecule has 3 rings (SSSR count). The zero-order valence-corrected chi connectivity index (χ0v) is 24.4. The normalized spacial score (nSPS) is 12.8. The van der Waals surface area contributed by atoms with Crippen LogP contribution in [-0.2, 0) is 26.2 Å². The molecule has 0 bridgehead atoms. The van der Waals surface area contributed by atoms with Gasteiger partial charge in [-0.1, -0.05) is 79.5 Å². The summed E-state index contributed by atoms with van der Waals surface area (Å²) in [7, 11) is -4.10. The molecule has 0 aliphatic carbocycles. The fourth-order valence-corrected chi connectivity index (χ4v) is 5.74. The van der Waals surface area contributed by atoms with E-state index in [1.165, 1.54) is 17.0 Å². The van der Waals surface area contributed by atoms with E-state index in [1.807, 2.05) is 33.8 Å². The molecule has 0 fully saturated rings. The quantitative estimate of drug-likeness (QED) is 0.309. The number of nitrogens with one attached hydrogen (secondary N) is 1. The van der Waals surface area contributed by atoms with Crippen LogP contribution < -0.4 is 9.62 Å². The van der Waals surface area contributed by atoms with Crippen LogP contribution in [0.1, 0.15) is 44.7 Å². The van der Waals surface area contributed by atoms with Crippen molar-refractivity contribution in [2.24, 2.45) is 0 Å². The first-order chi connectivity index (χ1) is 18.6. The monoisotopic (exact) mass is 569 g/mol. The largest absolute Gasteiger partial charge is 0.352 e. The van der Waals surface area contributed by atoms with Crippen molar-refractivity contribution in [3.8, 4) is 0 Å². The standard InChI is InChI=1S/C30H36ClN3O4S/c1-5-23(4)32-30(36)28(6-2)33(20-24-12-10-11-15-27(24)31)29(35)21-34(25-13-8-7-9-14-25)39(37,38)26-18-16-22(3)17-19-26/h7-19,23,28H,5-6,20-21H2,1-4H3,(H,32,36)/t23-,28-/m0/s1. The SMILES string of the molecule is CC[C@H](C)NC(=O)[C@H](CC)N(Cc1ccccc1Cl)C(=O)CN(c1ccccc1)S(=O)(=O)c1ccc(C)cc1. The lowest BCUT2D eigenvalue weighted by atomic mass is 10.1. The van der Waals surface area contributed by atoms with Crippen molar-refractivity contribution < 1.29 is 18.0 Å². The van der Waals surface area contributed by atoms with Gasteiger partial charge in [0.25, 0.3) is 10.0 Å². The van der Waals surface area contributed by atoms with Crippen LogP contribution in [0.25, 0.3) is 0 Å². The average molecular weight is 570 g/mol. The second kappa shape index (κ2) is 13.6. The van der Waals surface area contributed by atoms with E-state index in [0.29, 0.717) is 22.7 Å². The minimum atomic E-state index is -4.10. The molecule has 2 atom stereocenters. The van der Waals surface area contributed by atoms with Crippen LogP contribution in [0.15, 0.2) is 83.8 Å². The maximum absolute atomic E-state index is 14.0. The number of para-hydroxylation sites is 1. The molecule has 1 N–H and O–H groups in total. The van der Waals surface area contributed by atoms with Gasteiger partial charge in [0.2, 0.25) is 11.8 Å². The molecule has 39 heavy (non-hydrogen) atoms. The Kier molecular flexibility index (Phi) is 10.5. The number of amides is 2. The van der Waals surface area contributed by atoms with Crippen molar-refractivity contribution >= 4 is 39.1 Å². The third-order valence-corrected chi connectivity index (χ3v) is 8.77. The van der Waals surface area contributed by atoms with E-state index < -0.39 is 28.5 Å². The van der Waals surface area contributed by atoms with Crippen LogP contribution in [0.5, 0.6) is 0 Å². The van der Waals surface area contributed by atoms with Gasteiger partial charge in [-0.2, -0.15) is 0 Å². The molecular formula is C30H36ClN3O4S. The molecule has 0 saturated heterocycles. The van der Waals surface area contributed by atoms with Gasteiger partial charge < -0.3 is 10.2 Å². The Morgan fingerprint density at radius 2 is 1.51 bits per heavy atom. The maximum Gasteiger partial charge on any atom is 0.264 e.